The van der Waals surface area contributed by atoms with Crippen molar-refractivity contribution in [2.45, 2.75) is 0 Å². The minimum absolute atomic E-state index is 1.22. The molecule has 0 aromatic rings. The first-order valence-corrected chi connectivity index (χ1v) is 4.32. The Hall–Kier alpha value is -0.000000000000000111. The lowest BCUT2D eigenvalue weighted by atomic mass is 10.7. The molecule has 0 aliphatic carbocycles. The highest BCUT2D eigenvalue weighted by molar-refractivity contribution is 8.25. The fourth-order valence-electron chi connectivity index (χ4n) is 0.478. The van der Waals surface area contributed by atoms with Crippen LogP contribution in [0.4, 0.5) is 0 Å². The smallest absolute Gasteiger partial charge is 0.0485 e. The summed E-state index contributed by atoms with van der Waals surface area (Å²) in [6.45, 7) is 0. The van der Waals surface area contributed by atoms with Gasteiger partial charge in [0.05, 0.1) is 0 Å². The van der Waals surface area contributed by atoms with E-state index in [1.54, 1.807) is 0 Å². The molecule has 0 amide bonds. The van der Waals surface area contributed by atoms with Gasteiger partial charge in [-0.15, -0.1) is 29.9 Å². The van der Waals surface area contributed by atoms with Crippen LogP contribution in [0.2, 0.25) is 0 Å². The van der Waals surface area contributed by atoms with Crippen LogP contribution in [-0.2, 0) is 0 Å². The van der Waals surface area contributed by atoms with Crippen molar-refractivity contribution in [3.8, 4) is 12.3 Å². The zero-order valence-electron chi connectivity index (χ0n) is 4.39. The number of hydrogen-bond acceptors (Lipinski definition) is 2. The Balaban J connectivity index is 2.48. The zero-order valence-corrected chi connectivity index (χ0v) is 6.02. The van der Waals surface area contributed by atoms with Gasteiger partial charge in [-0.3, -0.25) is 0 Å². The highest BCUT2D eigenvalue weighted by Crippen LogP contribution is 2.35. The summed E-state index contributed by atoms with van der Waals surface area (Å²) >= 11 is 3.70. The highest BCUT2D eigenvalue weighted by Gasteiger charge is 2.05. The highest BCUT2D eigenvalue weighted by atomic mass is 32.2. The Kier molecular flexibility index (Phi) is 2.38. The van der Waals surface area contributed by atoms with E-state index in [4.69, 9.17) is 6.42 Å². The molecule has 1 rings (SSSR count). The second-order valence-electron chi connectivity index (χ2n) is 1.33. The van der Waals surface area contributed by atoms with Gasteiger partial charge in [0.1, 0.15) is 0 Å². The number of allylic oxidation sites excluding steroid dienone is 1. The van der Waals surface area contributed by atoms with Crippen molar-refractivity contribution in [2.75, 3.05) is 11.5 Å². The molecular formula is C6H6S2. The van der Waals surface area contributed by atoms with Gasteiger partial charge in [0.2, 0.25) is 0 Å². The molecule has 1 fully saturated rings. The van der Waals surface area contributed by atoms with E-state index >= 15 is 0 Å². The molecule has 1 saturated heterocycles. The number of terminal acetylenes is 1. The van der Waals surface area contributed by atoms with Crippen LogP contribution in [0.5, 0.6) is 0 Å². The molecule has 0 atom stereocenters. The molecule has 0 aromatic heterocycles. The van der Waals surface area contributed by atoms with Crippen LogP contribution >= 0.6 is 23.5 Å². The van der Waals surface area contributed by atoms with Gasteiger partial charge in [-0.25, -0.2) is 0 Å². The summed E-state index contributed by atoms with van der Waals surface area (Å²) in [5, 5.41) is 0. The Morgan fingerprint density at radius 3 is 2.62 bits per heavy atom. The fourth-order valence-corrected chi connectivity index (χ4v) is 2.68. The van der Waals surface area contributed by atoms with Crippen LogP contribution in [-0.4, -0.2) is 11.5 Å². The summed E-state index contributed by atoms with van der Waals surface area (Å²) in [6.07, 6.45) is 6.89. The van der Waals surface area contributed by atoms with E-state index in [-0.39, 0.29) is 0 Å². The van der Waals surface area contributed by atoms with E-state index in [0.717, 1.165) is 0 Å². The minimum Gasteiger partial charge on any atom is -0.118 e. The molecule has 42 valence electrons. The summed E-state index contributed by atoms with van der Waals surface area (Å²) in [7, 11) is 0. The first-order valence-electron chi connectivity index (χ1n) is 2.35. The van der Waals surface area contributed by atoms with Crippen LogP contribution in [0.3, 0.4) is 0 Å². The average Bonchev–Trinajstić information content (AvgIpc) is 2.19. The second-order valence-corrected chi connectivity index (χ2v) is 3.86. The zero-order chi connectivity index (χ0) is 5.82. The molecule has 0 bridgehead atoms. The predicted molar refractivity (Wildman–Crippen MR) is 41.8 cm³/mol. The van der Waals surface area contributed by atoms with Crippen molar-refractivity contribution in [1.82, 2.24) is 0 Å². The third-order valence-electron chi connectivity index (χ3n) is 0.773. The quantitative estimate of drug-likeness (QED) is 0.474. The molecule has 1 aliphatic heterocycles. The van der Waals surface area contributed by atoms with Crippen LogP contribution in [0.1, 0.15) is 0 Å². The SMILES string of the molecule is C#CC=C1SCCS1. The molecule has 0 aromatic carbocycles. The molecule has 8 heavy (non-hydrogen) atoms. The van der Waals surface area contributed by atoms with Gasteiger partial charge in [-0.1, -0.05) is 5.92 Å². The Labute approximate surface area is 58.1 Å². The lowest BCUT2D eigenvalue weighted by molar-refractivity contribution is 1.59. The lowest BCUT2D eigenvalue weighted by Crippen LogP contribution is -1.64. The van der Waals surface area contributed by atoms with E-state index in [9.17, 15) is 0 Å². The maximum absolute atomic E-state index is 5.06. The Morgan fingerprint density at radius 2 is 2.12 bits per heavy atom. The molecule has 0 saturated carbocycles. The van der Waals surface area contributed by atoms with Gasteiger partial charge >= 0.3 is 0 Å². The number of rotatable bonds is 0. The van der Waals surface area contributed by atoms with Gasteiger partial charge in [0.15, 0.2) is 0 Å². The van der Waals surface area contributed by atoms with Crippen molar-refractivity contribution >= 4 is 23.5 Å². The van der Waals surface area contributed by atoms with Crippen LogP contribution in [0.25, 0.3) is 0 Å². The standard InChI is InChI=1S/C6H6S2/c1-2-3-6-7-4-5-8-6/h1,3H,4-5H2. The maximum atomic E-state index is 5.06. The van der Waals surface area contributed by atoms with E-state index in [2.05, 4.69) is 5.92 Å². The summed E-state index contributed by atoms with van der Waals surface area (Å²) in [5.74, 6) is 4.95. The second kappa shape index (κ2) is 3.11. The maximum Gasteiger partial charge on any atom is 0.0485 e. The molecule has 0 radical (unpaired) electrons. The number of thioether (sulfide) groups is 2. The Morgan fingerprint density at radius 1 is 1.50 bits per heavy atom. The number of hydrogen-bond donors (Lipinski definition) is 0. The molecule has 0 unspecified atom stereocenters. The molecule has 1 aliphatic rings. The van der Waals surface area contributed by atoms with Gasteiger partial charge in [-0.05, 0) is 0 Å². The third-order valence-corrected chi connectivity index (χ3v) is 3.36. The molecule has 1 heterocycles. The van der Waals surface area contributed by atoms with E-state index in [1.807, 2.05) is 29.6 Å². The minimum atomic E-state index is 1.22. The van der Waals surface area contributed by atoms with E-state index in [0.29, 0.717) is 0 Å². The first kappa shape index (κ1) is 6.12. The molecule has 0 spiro atoms. The van der Waals surface area contributed by atoms with Crippen LogP contribution in [0, 0.1) is 12.3 Å². The summed E-state index contributed by atoms with van der Waals surface area (Å²) < 4.78 is 1.30. The van der Waals surface area contributed by atoms with Crippen molar-refractivity contribution in [3.63, 3.8) is 0 Å². The van der Waals surface area contributed by atoms with Gasteiger partial charge < -0.3 is 0 Å². The molecule has 0 nitrogen and oxygen atoms in total. The molecule has 2 heteroatoms. The van der Waals surface area contributed by atoms with Gasteiger partial charge in [-0.2, -0.15) is 0 Å². The monoisotopic (exact) mass is 142 g/mol. The van der Waals surface area contributed by atoms with Crippen molar-refractivity contribution < 1.29 is 0 Å². The van der Waals surface area contributed by atoms with E-state index in [1.165, 1.54) is 15.7 Å². The summed E-state index contributed by atoms with van der Waals surface area (Å²) in [6, 6.07) is 0. The predicted octanol–water partition coefficient (Wildman–Crippen LogP) is 1.94. The topological polar surface area (TPSA) is 0 Å². The lowest BCUT2D eigenvalue weighted by Gasteiger charge is -1.83. The third kappa shape index (κ3) is 1.50. The van der Waals surface area contributed by atoms with Gasteiger partial charge in [0, 0.05) is 21.8 Å². The van der Waals surface area contributed by atoms with Crippen molar-refractivity contribution in [2.24, 2.45) is 0 Å². The average molecular weight is 142 g/mol. The van der Waals surface area contributed by atoms with Crippen LogP contribution < -0.4 is 0 Å². The molecule has 0 N–H and O–H groups in total. The van der Waals surface area contributed by atoms with E-state index < -0.39 is 0 Å². The first-order chi connectivity index (χ1) is 3.93. The summed E-state index contributed by atoms with van der Waals surface area (Å²) in [4.78, 5) is 0. The fraction of sp³-hybridized carbons (Fsp3) is 0.333. The Bertz CT molecular complexity index is 133. The largest absolute Gasteiger partial charge is 0.118 e. The van der Waals surface area contributed by atoms with Crippen molar-refractivity contribution in [1.29, 1.82) is 0 Å². The van der Waals surface area contributed by atoms with Gasteiger partial charge in [0.25, 0.3) is 0 Å². The molecular weight excluding hydrogens is 136 g/mol. The normalized spacial score (nSPS) is 18.1. The van der Waals surface area contributed by atoms with Crippen molar-refractivity contribution in [3.05, 3.63) is 10.3 Å². The van der Waals surface area contributed by atoms with Crippen LogP contribution in [0.15, 0.2) is 10.3 Å². The summed E-state index contributed by atoms with van der Waals surface area (Å²) in [5.41, 5.74) is 0.